The van der Waals surface area contributed by atoms with E-state index in [0.717, 1.165) is 17.3 Å². The molecule has 0 atom stereocenters. The minimum absolute atomic E-state index is 0.0932. The lowest BCUT2D eigenvalue weighted by molar-refractivity contribution is 0.0796. The first kappa shape index (κ1) is 15.4. The summed E-state index contributed by atoms with van der Waals surface area (Å²) in [4.78, 5) is 18.6. The zero-order chi connectivity index (χ0) is 14.6. The number of nitrogens with one attached hydrogen (secondary N) is 1. The Bertz CT molecular complexity index is 453. The van der Waals surface area contributed by atoms with E-state index in [0.29, 0.717) is 12.2 Å². The molecule has 20 heavy (non-hydrogen) atoms. The molecular weight excluding hydrogens is 318 g/mol. The van der Waals surface area contributed by atoms with Crippen molar-refractivity contribution in [2.24, 2.45) is 0 Å². The van der Waals surface area contributed by atoms with Crippen molar-refractivity contribution in [3.63, 3.8) is 0 Å². The van der Waals surface area contributed by atoms with E-state index in [9.17, 15) is 4.79 Å². The van der Waals surface area contributed by atoms with Gasteiger partial charge in [0.2, 0.25) is 0 Å². The molecular formula is C15H22BrN3O. The Hall–Kier alpha value is -0.940. The molecule has 0 bridgehead atoms. The van der Waals surface area contributed by atoms with Gasteiger partial charge in [0.1, 0.15) is 5.69 Å². The largest absolute Gasteiger partial charge is 0.349 e. The average molecular weight is 340 g/mol. The molecule has 1 amide bonds. The number of likely N-dealkylation sites (N-methyl/N-ethyl adjacent to an activating group) is 1. The number of amides is 1. The molecule has 1 aliphatic carbocycles. The molecule has 5 heteroatoms. The highest BCUT2D eigenvalue weighted by atomic mass is 79.9. The Morgan fingerprint density at radius 1 is 1.35 bits per heavy atom. The second-order valence-electron chi connectivity index (χ2n) is 5.72. The van der Waals surface area contributed by atoms with Crippen molar-refractivity contribution < 1.29 is 4.79 Å². The highest BCUT2D eigenvalue weighted by Crippen LogP contribution is 2.31. The summed E-state index contributed by atoms with van der Waals surface area (Å²) in [7, 11) is 4.21. The smallest absolute Gasteiger partial charge is 0.269 e. The Morgan fingerprint density at radius 2 is 2.05 bits per heavy atom. The summed E-state index contributed by atoms with van der Waals surface area (Å²) in [6, 6.07) is 3.58. The Kier molecular flexibility index (Phi) is 5.16. The summed E-state index contributed by atoms with van der Waals surface area (Å²) in [5, 5.41) is 3.05. The van der Waals surface area contributed by atoms with Gasteiger partial charge in [-0.3, -0.25) is 4.79 Å². The number of hydrogen-bond donors (Lipinski definition) is 1. The van der Waals surface area contributed by atoms with E-state index in [1.807, 2.05) is 6.07 Å². The Morgan fingerprint density at radius 3 is 2.60 bits per heavy atom. The predicted molar refractivity (Wildman–Crippen MR) is 83.8 cm³/mol. The molecule has 1 aliphatic rings. The van der Waals surface area contributed by atoms with Crippen molar-refractivity contribution in [1.82, 2.24) is 15.2 Å². The van der Waals surface area contributed by atoms with E-state index in [1.165, 1.54) is 19.3 Å². The number of pyridine rings is 1. The minimum atomic E-state index is -0.0932. The number of nitrogens with zero attached hydrogens (tertiary/aromatic N) is 2. The molecule has 1 aromatic rings. The zero-order valence-electron chi connectivity index (χ0n) is 12.2. The minimum Gasteiger partial charge on any atom is -0.349 e. The first-order valence-electron chi connectivity index (χ1n) is 7.11. The van der Waals surface area contributed by atoms with E-state index in [4.69, 9.17) is 0 Å². The molecule has 0 saturated heterocycles. The van der Waals surface area contributed by atoms with Crippen molar-refractivity contribution in [2.45, 2.75) is 37.6 Å². The van der Waals surface area contributed by atoms with E-state index >= 15 is 0 Å². The van der Waals surface area contributed by atoms with Crippen LogP contribution >= 0.6 is 15.9 Å². The Labute approximate surface area is 129 Å². The highest BCUT2D eigenvalue weighted by Gasteiger charge is 2.34. The standard InChI is InChI=1S/C15H22BrN3O/c1-19(2)15(8-4-3-5-9-15)11-18-14(20)13-7-6-12(16)10-17-13/h6-7,10H,3-5,8-9,11H2,1-2H3,(H,18,20). The van der Waals surface area contributed by atoms with E-state index in [1.54, 1.807) is 12.3 Å². The van der Waals surface area contributed by atoms with Crippen LogP contribution < -0.4 is 5.32 Å². The third-order valence-corrected chi connectivity index (χ3v) is 4.74. The van der Waals surface area contributed by atoms with Gasteiger partial charge in [0.05, 0.1) is 0 Å². The van der Waals surface area contributed by atoms with Crippen LogP contribution in [0.3, 0.4) is 0 Å². The fourth-order valence-corrected chi connectivity index (χ4v) is 3.07. The zero-order valence-corrected chi connectivity index (χ0v) is 13.7. The van der Waals surface area contributed by atoms with E-state index in [2.05, 4.69) is 45.2 Å². The van der Waals surface area contributed by atoms with Crippen LogP contribution in [-0.2, 0) is 0 Å². The summed E-state index contributed by atoms with van der Waals surface area (Å²) < 4.78 is 0.881. The lowest BCUT2D eigenvalue weighted by Crippen LogP contribution is -2.53. The van der Waals surface area contributed by atoms with Gasteiger partial charge in [-0.05, 0) is 55.0 Å². The normalized spacial score (nSPS) is 18.0. The maximum atomic E-state index is 12.2. The molecule has 1 fully saturated rings. The molecule has 1 saturated carbocycles. The van der Waals surface area contributed by atoms with Gasteiger partial charge < -0.3 is 10.2 Å². The van der Waals surface area contributed by atoms with Gasteiger partial charge in [-0.15, -0.1) is 0 Å². The number of carbonyl (C=O) groups excluding carboxylic acids is 1. The number of aromatic nitrogens is 1. The second kappa shape index (κ2) is 6.68. The van der Waals surface area contributed by atoms with Crippen LogP contribution in [0.15, 0.2) is 22.8 Å². The molecule has 0 aliphatic heterocycles. The van der Waals surface area contributed by atoms with Gasteiger partial charge in [0, 0.05) is 22.8 Å². The summed E-state index contributed by atoms with van der Waals surface area (Å²) in [5.74, 6) is -0.0932. The molecule has 110 valence electrons. The van der Waals surface area contributed by atoms with E-state index in [-0.39, 0.29) is 11.4 Å². The van der Waals surface area contributed by atoms with Crippen molar-refractivity contribution >= 4 is 21.8 Å². The molecule has 2 rings (SSSR count). The van der Waals surface area contributed by atoms with Crippen LogP contribution in [0, 0.1) is 0 Å². The fraction of sp³-hybridized carbons (Fsp3) is 0.600. The average Bonchev–Trinajstić information content (AvgIpc) is 2.46. The Balaban J connectivity index is 1.98. The molecule has 1 N–H and O–H groups in total. The van der Waals surface area contributed by atoms with Crippen molar-refractivity contribution in [3.8, 4) is 0 Å². The number of carbonyl (C=O) groups is 1. The third-order valence-electron chi connectivity index (χ3n) is 4.27. The SMILES string of the molecule is CN(C)C1(CNC(=O)c2ccc(Br)cn2)CCCCC1. The molecule has 0 spiro atoms. The molecule has 0 radical (unpaired) electrons. The van der Waals surface area contributed by atoms with Crippen LogP contribution in [-0.4, -0.2) is 42.0 Å². The predicted octanol–water partition coefficient (Wildman–Crippen LogP) is 2.84. The van der Waals surface area contributed by atoms with Gasteiger partial charge in [0.15, 0.2) is 0 Å². The second-order valence-corrected chi connectivity index (χ2v) is 6.64. The van der Waals surface area contributed by atoms with Gasteiger partial charge >= 0.3 is 0 Å². The van der Waals surface area contributed by atoms with Crippen molar-refractivity contribution in [3.05, 3.63) is 28.5 Å². The third kappa shape index (κ3) is 3.58. The molecule has 1 heterocycles. The number of halogens is 1. The monoisotopic (exact) mass is 339 g/mol. The van der Waals surface area contributed by atoms with Gasteiger partial charge in [-0.1, -0.05) is 19.3 Å². The first-order valence-corrected chi connectivity index (χ1v) is 7.90. The summed E-state index contributed by atoms with van der Waals surface area (Å²) in [6.45, 7) is 0.691. The molecule has 0 aromatic carbocycles. The molecule has 4 nitrogen and oxygen atoms in total. The maximum Gasteiger partial charge on any atom is 0.269 e. The quantitative estimate of drug-likeness (QED) is 0.917. The summed E-state index contributed by atoms with van der Waals surface area (Å²) >= 11 is 3.32. The number of hydrogen-bond acceptors (Lipinski definition) is 3. The van der Waals surface area contributed by atoms with Crippen molar-refractivity contribution in [1.29, 1.82) is 0 Å². The van der Waals surface area contributed by atoms with Gasteiger partial charge in [-0.2, -0.15) is 0 Å². The van der Waals surface area contributed by atoms with Crippen LogP contribution in [0.2, 0.25) is 0 Å². The summed E-state index contributed by atoms with van der Waals surface area (Å²) in [5.41, 5.74) is 0.571. The fourth-order valence-electron chi connectivity index (χ4n) is 2.84. The number of rotatable bonds is 4. The van der Waals surface area contributed by atoms with E-state index < -0.39 is 0 Å². The van der Waals surface area contributed by atoms with Crippen LogP contribution in [0.5, 0.6) is 0 Å². The van der Waals surface area contributed by atoms with Gasteiger partial charge in [0.25, 0.3) is 5.91 Å². The van der Waals surface area contributed by atoms with Crippen LogP contribution in [0.4, 0.5) is 0 Å². The van der Waals surface area contributed by atoms with Crippen molar-refractivity contribution in [2.75, 3.05) is 20.6 Å². The lowest BCUT2D eigenvalue weighted by atomic mass is 9.80. The maximum absolute atomic E-state index is 12.2. The lowest BCUT2D eigenvalue weighted by Gasteiger charge is -2.43. The van der Waals surface area contributed by atoms with Gasteiger partial charge in [-0.25, -0.2) is 4.98 Å². The highest BCUT2D eigenvalue weighted by molar-refractivity contribution is 9.10. The first-order chi connectivity index (χ1) is 9.53. The topological polar surface area (TPSA) is 45.2 Å². The van der Waals surface area contributed by atoms with Crippen LogP contribution in [0.25, 0.3) is 0 Å². The summed E-state index contributed by atoms with van der Waals surface area (Å²) in [6.07, 6.45) is 7.73. The van der Waals surface area contributed by atoms with Crippen LogP contribution in [0.1, 0.15) is 42.6 Å². The molecule has 0 unspecified atom stereocenters. The molecule has 1 aromatic heterocycles.